The summed E-state index contributed by atoms with van der Waals surface area (Å²) in [6.07, 6.45) is 0.780. The first kappa shape index (κ1) is 25.8. The normalized spacial score (nSPS) is 15.3. The van der Waals surface area contributed by atoms with Gasteiger partial charge in [-0.3, -0.25) is 4.79 Å². The van der Waals surface area contributed by atoms with Crippen LogP contribution in [-0.2, 0) is 25.3 Å². The number of benzene rings is 2. The fourth-order valence-electron chi connectivity index (χ4n) is 3.54. The third-order valence-electron chi connectivity index (χ3n) is 5.28. The number of carbonyl (C=O) groups excluding carboxylic acids is 2. The molecule has 1 aliphatic rings. The van der Waals surface area contributed by atoms with Gasteiger partial charge in [-0.05, 0) is 55.7 Å². The van der Waals surface area contributed by atoms with Gasteiger partial charge in [0.2, 0.25) is 15.9 Å². The Morgan fingerprint density at radius 2 is 1.73 bits per heavy atom. The Kier molecular flexibility index (Phi) is 8.64. The molecule has 7 nitrogen and oxygen atoms in total. The van der Waals surface area contributed by atoms with Crippen LogP contribution < -0.4 is 5.32 Å². The molecule has 0 atom stereocenters. The second kappa shape index (κ2) is 11.1. The zero-order valence-corrected chi connectivity index (χ0v) is 20.9. The number of amides is 1. The van der Waals surface area contributed by atoms with Crippen LogP contribution in [0.1, 0.15) is 35.7 Å². The molecule has 33 heavy (non-hydrogen) atoms. The number of sulfonamides is 1. The number of anilines is 1. The van der Waals surface area contributed by atoms with Gasteiger partial charge in [0.15, 0.2) is 0 Å². The minimum absolute atomic E-state index is 0.175. The second-order valence-corrected chi connectivity index (χ2v) is 10.8. The predicted octanol–water partition coefficient (Wildman–Crippen LogP) is 5.00. The van der Waals surface area contributed by atoms with Crippen LogP contribution in [0, 0.1) is 5.92 Å². The average Bonchev–Trinajstić information content (AvgIpc) is 2.76. The monoisotopic (exact) mass is 532 g/mol. The molecule has 0 radical (unpaired) electrons. The fraction of sp³-hybridized carbons (Fsp3) is 0.364. The number of nitrogens with zero attached hydrogens (tertiary/aromatic N) is 1. The van der Waals surface area contributed by atoms with E-state index < -0.39 is 16.0 Å². The van der Waals surface area contributed by atoms with Gasteiger partial charge in [-0.1, -0.05) is 40.9 Å². The Labute approximate surface area is 208 Å². The van der Waals surface area contributed by atoms with Crippen LogP contribution in [0.2, 0.25) is 15.1 Å². The van der Waals surface area contributed by atoms with Crippen molar-refractivity contribution < 1.29 is 22.7 Å². The van der Waals surface area contributed by atoms with E-state index in [2.05, 4.69) is 5.32 Å². The summed E-state index contributed by atoms with van der Waals surface area (Å²) in [6, 6.07) is 9.30. The number of esters is 1. The summed E-state index contributed by atoms with van der Waals surface area (Å²) in [6.45, 7) is 2.41. The van der Waals surface area contributed by atoms with Crippen LogP contribution in [0.15, 0.2) is 36.4 Å². The van der Waals surface area contributed by atoms with E-state index >= 15 is 0 Å². The van der Waals surface area contributed by atoms with Crippen LogP contribution in [0.3, 0.4) is 0 Å². The largest absolute Gasteiger partial charge is 0.462 e. The van der Waals surface area contributed by atoms with Gasteiger partial charge in [0.05, 0.1) is 33.0 Å². The molecule has 3 rings (SSSR count). The molecule has 178 valence electrons. The maximum absolute atomic E-state index is 12.8. The van der Waals surface area contributed by atoms with Crippen molar-refractivity contribution in [1.29, 1.82) is 0 Å². The van der Waals surface area contributed by atoms with Gasteiger partial charge < -0.3 is 10.1 Å². The van der Waals surface area contributed by atoms with E-state index in [1.165, 1.54) is 16.4 Å². The Balaban J connectivity index is 1.56. The summed E-state index contributed by atoms with van der Waals surface area (Å²) in [4.78, 5) is 24.5. The molecule has 1 amide bonds. The maximum atomic E-state index is 12.8. The Hall–Kier alpha value is -1.84. The number of piperidine rings is 1. The van der Waals surface area contributed by atoms with E-state index in [9.17, 15) is 18.0 Å². The number of carbonyl (C=O) groups is 2. The molecule has 11 heteroatoms. The van der Waals surface area contributed by atoms with Gasteiger partial charge in [-0.15, -0.1) is 0 Å². The van der Waals surface area contributed by atoms with Crippen molar-refractivity contribution in [2.45, 2.75) is 25.5 Å². The van der Waals surface area contributed by atoms with Gasteiger partial charge in [0, 0.05) is 24.7 Å². The molecule has 0 bridgehead atoms. The number of rotatable bonds is 7. The highest BCUT2D eigenvalue weighted by atomic mass is 35.5. The van der Waals surface area contributed by atoms with Gasteiger partial charge in [0.1, 0.15) is 0 Å². The van der Waals surface area contributed by atoms with Gasteiger partial charge >= 0.3 is 5.97 Å². The molecule has 2 aromatic rings. The summed E-state index contributed by atoms with van der Waals surface area (Å²) in [5.41, 5.74) is 1.22. The van der Waals surface area contributed by atoms with Crippen molar-refractivity contribution in [2.24, 2.45) is 5.92 Å². The molecule has 0 saturated carbocycles. The lowest BCUT2D eigenvalue weighted by molar-refractivity contribution is -0.120. The fourth-order valence-corrected chi connectivity index (χ4v) is 5.67. The summed E-state index contributed by atoms with van der Waals surface area (Å²) < 4.78 is 31.9. The Morgan fingerprint density at radius 3 is 2.33 bits per heavy atom. The smallest absolute Gasteiger partial charge is 0.339 e. The molecule has 0 aromatic heterocycles. The Bertz CT molecular complexity index is 1150. The summed E-state index contributed by atoms with van der Waals surface area (Å²) in [5.74, 6) is -1.29. The molecule has 1 aliphatic heterocycles. The standard InChI is InChI=1S/C22H23Cl3N2O5S/c1-2-32-22(29)17-5-4-16(12-19(17)24)26-21(28)15-7-9-27(10-8-15)33(30,31)13-14-3-6-18(23)20(25)11-14/h3-6,11-12,15H,2,7-10,13H2,1H3,(H,26,28). The number of hydrogen-bond donors (Lipinski definition) is 1. The number of hydrogen-bond acceptors (Lipinski definition) is 5. The van der Waals surface area contributed by atoms with Crippen LogP contribution in [0.4, 0.5) is 5.69 Å². The van der Waals surface area contributed by atoms with Crippen molar-refractivity contribution >= 4 is 62.4 Å². The van der Waals surface area contributed by atoms with E-state index in [-0.39, 0.29) is 47.9 Å². The highest BCUT2D eigenvalue weighted by Gasteiger charge is 2.31. The molecule has 0 unspecified atom stereocenters. The van der Waals surface area contributed by atoms with Crippen LogP contribution in [0.5, 0.6) is 0 Å². The van der Waals surface area contributed by atoms with E-state index in [4.69, 9.17) is 39.5 Å². The minimum Gasteiger partial charge on any atom is -0.462 e. The molecule has 1 N–H and O–H groups in total. The third-order valence-corrected chi connectivity index (χ3v) is 8.18. The molecular weight excluding hydrogens is 511 g/mol. The molecule has 0 spiro atoms. The first-order valence-corrected chi connectivity index (χ1v) is 13.0. The quantitative estimate of drug-likeness (QED) is 0.505. The van der Waals surface area contributed by atoms with E-state index in [0.717, 1.165) is 0 Å². The molecule has 2 aromatic carbocycles. The van der Waals surface area contributed by atoms with Crippen molar-refractivity contribution in [2.75, 3.05) is 25.0 Å². The zero-order chi connectivity index (χ0) is 24.2. The van der Waals surface area contributed by atoms with Crippen molar-refractivity contribution in [1.82, 2.24) is 4.31 Å². The second-order valence-electron chi connectivity index (χ2n) is 7.58. The first-order valence-electron chi connectivity index (χ1n) is 10.3. The summed E-state index contributed by atoms with van der Waals surface area (Å²) >= 11 is 18.0. The highest BCUT2D eigenvalue weighted by Crippen LogP contribution is 2.27. The number of ether oxygens (including phenoxy) is 1. The molecule has 0 aliphatic carbocycles. The van der Waals surface area contributed by atoms with Gasteiger partial charge in [0.25, 0.3) is 0 Å². The van der Waals surface area contributed by atoms with Crippen LogP contribution in [0.25, 0.3) is 0 Å². The number of halogens is 3. The van der Waals surface area contributed by atoms with Crippen molar-refractivity contribution in [3.05, 3.63) is 62.6 Å². The third kappa shape index (κ3) is 6.61. The molecule has 1 saturated heterocycles. The first-order chi connectivity index (χ1) is 15.6. The van der Waals surface area contributed by atoms with E-state index in [1.807, 2.05) is 0 Å². The van der Waals surface area contributed by atoms with Crippen LogP contribution in [-0.4, -0.2) is 44.3 Å². The average molecular weight is 534 g/mol. The molecule has 1 fully saturated rings. The summed E-state index contributed by atoms with van der Waals surface area (Å²) in [7, 11) is -3.56. The van der Waals surface area contributed by atoms with Crippen molar-refractivity contribution in [3.8, 4) is 0 Å². The predicted molar refractivity (Wildman–Crippen MR) is 129 cm³/mol. The lowest BCUT2D eigenvalue weighted by Gasteiger charge is -2.30. The zero-order valence-electron chi connectivity index (χ0n) is 17.8. The number of nitrogens with one attached hydrogen (secondary N) is 1. The van der Waals surface area contributed by atoms with Gasteiger partial charge in [-0.2, -0.15) is 0 Å². The Morgan fingerprint density at radius 1 is 1.03 bits per heavy atom. The van der Waals surface area contributed by atoms with Crippen molar-refractivity contribution in [3.63, 3.8) is 0 Å². The maximum Gasteiger partial charge on any atom is 0.339 e. The lowest BCUT2D eigenvalue weighted by atomic mass is 9.97. The minimum atomic E-state index is -3.56. The van der Waals surface area contributed by atoms with E-state index in [0.29, 0.717) is 34.1 Å². The topological polar surface area (TPSA) is 92.8 Å². The van der Waals surface area contributed by atoms with E-state index in [1.54, 1.807) is 31.2 Å². The lowest BCUT2D eigenvalue weighted by Crippen LogP contribution is -2.41. The highest BCUT2D eigenvalue weighted by molar-refractivity contribution is 7.88. The SMILES string of the molecule is CCOC(=O)c1ccc(NC(=O)C2CCN(S(=O)(=O)Cc3ccc(Cl)c(Cl)c3)CC2)cc1Cl. The van der Waals surface area contributed by atoms with Crippen LogP contribution >= 0.6 is 34.8 Å². The molecule has 1 heterocycles. The summed E-state index contributed by atoms with van der Waals surface area (Å²) in [5, 5.41) is 3.62. The van der Waals surface area contributed by atoms with Gasteiger partial charge in [-0.25, -0.2) is 17.5 Å². The molecular formula is C22H23Cl3N2O5S.